The molecule has 0 aromatic carbocycles. The molecule has 0 aliphatic rings. The zero-order valence-corrected chi connectivity index (χ0v) is 15.6. The Morgan fingerprint density at radius 3 is 2.80 bits per heavy atom. The Morgan fingerprint density at radius 1 is 1.36 bits per heavy atom. The van der Waals surface area contributed by atoms with Crippen LogP contribution in [0, 0.1) is 13.8 Å². The highest BCUT2D eigenvalue weighted by Gasteiger charge is 2.14. The molecule has 0 unspecified atom stereocenters. The van der Waals surface area contributed by atoms with Gasteiger partial charge in [-0.15, -0.1) is 11.3 Å². The van der Waals surface area contributed by atoms with Gasteiger partial charge in [0.05, 0.1) is 17.9 Å². The summed E-state index contributed by atoms with van der Waals surface area (Å²) in [6.07, 6.45) is 5.42. The topological polar surface area (TPSA) is 73.0 Å². The molecule has 7 nitrogen and oxygen atoms in total. The van der Waals surface area contributed by atoms with Crippen LogP contribution in [0.25, 0.3) is 10.2 Å². The van der Waals surface area contributed by atoms with Crippen molar-refractivity contribution in [3.05, 3.63) is 45.1 Å². The van der Waals surface area contributed by atoms with E-state index in [1.165, 1.54) is 22.2 Å². The largest absolute Gasteiger partial charge is 0.341 e. The highest BCUT2D eigenvalue weighted by atomic mass is 32.1. The van der Waals surface area contributed by atoms with Gasteiger partial charge in [-0.1, -0.05) is 0 Å². The summed E-state index contributed by atoms with van der Waals surface area (Å²) in [6.45, 7) is 4.75. The van der Waals surface area contributed by atoms with Gasteiger partial charge in [0.15, 0.2) is 0 Å². The molecule has 0 N–H and O–H groups in total. The lowest BCUT2D eigenvalue weighted by atomic mass is 10.2. The summed E-state index contributed by atoms with van der Waals surface area (Å²) in [5.74, 6) is -0.0194. The molecule has 0 aliphatic heterocycles. The molecule has 0 saturated carbocycles. The fourth-order valence-electron chi connectivity index (χ4n) is 2.75. The average molecular weight is 359 g/mol. The Balaban J connectivity index is 1.69. The summed E-state index contributed by atoms with van der Waals surface area (Å²) in [4.78, 5) is 32.8. The Labute approximate surface area is 149 Å². The first-order chi connectivity index (χ1) is 11.9. The van der Waals surface area contributed by atoms with Gasteiger partial charge in [0, 0.05) is 50.2 Å². The van der Waals surface area contributed by atoms with Gasteiger partial charge in [0.2, 0.25) is 5.91 Å². The fourth-order valence-corrected chi connectivity index (χ4v) is 3.74. The number of rotatable bonds is 5. The van der Waals surface area contributed by atoms with Crippen molar-refractivity contribution in [3.8, 4) is 0 Å². The predicted molar refractivity (Wildman–Crippen MR) is 97.7 cm³/mol. The van der Waals surface area contributed by atoms with Gasteiger partial charge in [-0.25, -0.2) is 4.98 Å². The molecular weight excluding hydrogens is 338 g/mol. The van der Waals surface area contributed by atoms with Crippen molar-refractivity contribution in [2.75, 3.05) is 7.05 Å². The average Bonchev–Trinajstić information content (AvgIpc) is 3.10. The molecule has 0 saturated heterocycles. The number of carbonyl (C=O) groups excluding carboxylic acids is 1. The van der Waals surface area contributed by atoms with E-state index in [4.69, 9.17) is 0 Å². The van der Waals surface area contributed by atoms with E-state index in [1.807, 2.05) is 27.1 Å². The van der Waals surface area contributed by atoms with Gasteiger partial charge >= 0.3 is 0 Å². The Kier molecular flexibility index (Phi) is 4.71. The molecule has 3 aromatic heterocycles. The second-order valence-corrected chi connectivity index (χ2v) is 7.43. The van der Waals surface area contributed by atoms with Crippen molar-refractivity contribution < 1.29 is 4.79 Å². The zero-order valence-electron chi connectivity index (χ0n) is 14.8. The minimum absolute atomic E-state index is 0.0194. The van der Waals surface area contributed by atoms with Crippen LogP contribution < -0.4 is 5.56 Å². The number of hydrogen-bond acceptors (Lipinski definition) is 5. The first-order valence-electron chi connectivity index (χ1n) is 8.03. The summed E-state index contributed by atoms with van der Waals surface area (Å²) in [7, 11) is 3.60. The monoisotopic (exact) mass is 359 g/mol. The molecule has 3 rings (SSSR count). The van der Waals surface area contributed by atoms with Crippen LogP contribution in [0.5, 0.6) is 0 Å². The van der Waals surface area contributed by atoms with Crippen molar-refractivity contribution in [1.29, 1.82) is 0 Å². The summed E-state index contributed by atoms with van der Waals surface area (Å²) >= 11 is 1.53. The molecule has 0 fully saturated rings. The van der Waals surface area contributed by atoms with Gasteiger partial charge in [-0.3, -0.25) is 18.8 Å². The van der Waals surface area contributed by atoms with Gasteiger partial charge < -0.3 is 4.90 Å². The minimum Gasteiger partial charge on any atom is -0.341 e. The minimum atomic E-state index is -0.0745. The van der Waals surface area contributed by atoms with Crippen LogP contribution in [0.2, 0.25) is 0 Å². The molecule has 3 aromatic rings. The second kappa shape index (κ2) is 6.79. The van der Waals surface area contributed by atoms with E-state index in [9.17, 15) is 9.59 Å². The van der Waals surface area contributed by atoms with E-state index < -0.39 is 0 Å². The Hall–Kier alpha value is -2.48. The second-order valence-electron chi connectivity index (χ2n) is 6.23. The fraction of sp³-hybridized carbons (Fsp3) is 0.412. The molecule has 0 atom stereocenters. The van der Waals surface area contributed by atoms with Gasteiger partial charge in [0.1, 0.15) is 4.83 Å². The molecule has 0 spiro atoms. The number of carbonyl (C=O) groups is 1. The number of aromatic nitrogens is 4. The maximum Gasteiger partial charge on any atom is 0.262 e. The normalized spacial score (nSPS) is 11.2. The standard InChI is InChI=1S/C17H21N5O2S/c1-11-12(2)25-16-15(11)17(24)22(10-18-16)6-5-14(23)20(3)8-13-7-19-21(4)9-13/h7,9-10H,5-6,8H2,1-4H3. The van der Waals surface area contributed by atoms with Crippen molar-refractivity contribution >= 4 is 27.5 Å². The van der Waals surface area contributed by atoms with Crippen LogP contribution in [0.4, 0.5) is 0 Å². The number of nitrogens with zero attached hydrogens (tertiary/aromatic N) is 5. The van der Waals surface area contributed by atoms with Crippen LogP contribution in [-0.4, -0.2) is 37.2 Å². The van der Waals surface area contributed by atoms with Gasteiger partial charge in [-0.2, -0.15) is 5.10 Å². The number of aryl methyl sites for hydroxylation is 4. The highest BCUT2D eigenvalue weighted by molar-refractivity contribution is 7.18. The maximum atomic E-state index is 12.6. The highest BCUT2D eigenvalue weighted by Crippen LogP contribution is 2.25. The molecule has 1 amide bonds. The van der Waals surface area contributed by atoms with Crippen LogP contribution in [-0.2, 0) is 24.9 Å². The molecule has 25 heavy (non-hydrogen) atoms. The van der Waals surface area contributed by atoms with E-state index in [0.717, 1.165) is 20.8 Å². The van der Waals surface area contributed by atoms with E-state index in [1.54, 1.807) is 22.8 Å². The molecule has 0 bridgehead atoms. The maximum absolute atomic E-state index is 12.6. The quantitative estimate of drug-likeness (QED) is 0.697. The summed E-state index contributed by atoms with van der Waals surface area (Å²) in [6, 6.07) is 0. The predicted octanol–water partition coefficient (Wildman–Crippen LogP) is 1.86. The first kappa shape index (κ1) is 17.3. The lowest BCUT2D eigenvalue weighted by molar-refractivity contribution is -0.130. The lowest BCUT2D eigenvalue weighted by Gasteiger charge is -2.16. The third kappa shape index (κ3) is 3.48. The molecule has 8 heteroatoms. The molecule has 3 heterocycles. The van der Waals surface area contributed by atoms with E-state index in [2.05, 4.69) is 10.1 Å². The van der Waals surface area contributed by atoms with Gasteiger partial charge in [-0.05, 0) is 19.4 Å². The molecular formula is C17H21N5O2S. The molecule has 0 radical (unpaired) electrons. The zero-order chi connectivity index (χ0) is 18.1. The van der Waals surface area contributed by atoms with E-state index in [-0.39, 0.29) is 17.9 Å². The smallest absolute Gasteiger partial charge is 0.262 e. The summed E-state index contributed by atoms with van der Waals surface area (Å²) in [5.41, 5.74) is 1.88. The van der Waals surface area contributed by atoms with Gasteiger partial charge in [0.25, 0.3) is 5.56 Å². The van der Waals surface area contributed by atoms with Crippen molar-refractivity contribution in [2.24, 2.45) is 7.05 Å². The van der Waals surface area contributed by atoms with Crippen molar-refractivity contribution in [2.45, 2.75) is 33.4 Å². The molecule has 0 aliphatic carbocycles. The number of hydrogen-bond donors (Lipinski definition) is 0. The third-order valence-corrected chi connectivity index (χ3v) is 5.44. The van der Waals surface area contributed by atoms with Crippen molar-refractivity contribution in [1.82, 2.24) is 24.2 Å². The van der Waals surface area contributed by atoms with Crippen LogP contribution in [0.15, 0.2) is 23.5 Å². The van der Waals surface area contributed by atoms with E-state index in [0.29, 0.717) is 18.5 Å². The summed E-state index contributed by atoms with van der Waals surface area (Å²) in [5, 5.41) is 4.77. The SMILES string of the molecule is Cc1sc2ncn(CCC(=O)N(C)Cc3cnn(C)c3)c(=O)c2c1C. The van der Waals surface area contributed by atoms with Crippen LogP contribution >= 0.6 is 11.3 Å². The molecule has 132 valence electrons. The third-order valence-electron chi connectivity index (χ3n) is 4.33. The number of fused-ring (bicyclic) bond motifs is 1. The van der Waals surface area contributed by atoms with E-state index >= 15 is 0 Å². The van der Waals surface area contributed by atoms with Crippen molar-refractivity contribution in [3.63, 3.8) is 0 Å². The number of thiophene rings is 1. The Morgan fingerprint density at radius 2 is 2.12 bits per heavy atom. The van der Waals surface area contributed by atoms with Crippen LogP contribution in [0.1, 0.15) is 22.4 Å². The number of amides is 1. The Bertz CT molecular complexity index is 985. The first-order valence-corrected chi connectivity index (χ1v) is 8.85. The summed E-state index contributed by atoms with van der Waals surface area (Å²) < 4.78 is 3.23. The van der Waals surface area contributed by atoms with Crippen LogP contribution in [0.3, 0.4) is 0 Å². The lowest BCUT2D eigenvalue weighted by Crippen LogP contribution is -2.29.